The van der Waals surface area contributed by atoms with Crippen molar-refractivity contribution in [2.24, 2.45) is 0 Å². The van der Waals surface area contributed by atoms with E-state index in [9.17, 15) is 0 Å². The highest BCUT2D eigenvalue weighted by Gasteiger charge is 2.44. The van der Waals surface area contributed by atoms with Crippen LogP contribution in [0.5, 0.6) is 0 Å². The van der Waals surface area contributed by atoms with Crippen molar-refractivity contribution >= 4 is 61.9 Å². The van der Waals surface area contributed by atoms with Crippen molar-refractivity contribution in [1.82, 2.24) is 0 Å². The van der Waals surface area contributed by atoms with Gasteiger partial charge in [-0.2, -0.15) is 0 Å². The van der Waals surface area contributed by atoms with Gasteiger partial charge in [0.2, 0.25) is 0 Å². The van der Waals surface area contributed by atoms with E-state index in [0.29, 0.717) is 15.5 Å². The van der Waals surface area contributed by atoms with Gasteiger partial charge in [0.1, 0.15) is 0 Å². The van der Waals surface area contributed by atoms with E-state index in [4.69, 9.17) is 0 Å². The molecule has 2 unspecified atom stereocenters. The van der Waals surface area contributed by atoms with Crippen LogP contribution in [-0.2, 0) is 0 Å². The van der Waals surface area contributed by atoms with Gasteiger partial charge < -0.3 is 0 Å². The van der Waals surface area contributed by atoms with Crippen molar-refractivity contribution in [3.8, 4) is 0 Å². The Morgan fingerprint density at radius 3 is 0.882 bits per heavy atom. The predicted molar refractivity (Wildman–Crippen MR) is 108 cm³/mol. The van der Waals surface area contributed by atoms with Crippen molar-refractivity contribution in [2.75, 3.05) is 0 Å². The molecule has 0 aliphatic heterocycles. The summed E-state index contributed by atoms with van der Waals surface area (Å²) in [6.07, 6.45) is 0. The summed E-state index contributed by atoms with van der Waals surface area (Å²) in [5, 5.41) is 1.60. The minimum atomic E-state index is 0.0793. The van der Waals surface area contributed by atoms with Gasteiger partial charge in [-0.3, -0.25) is 0 Å². The minimum absolute atomic E-state index is 0.0793. The van der Waals surface area contributed by atoms with Crippen LogP contribution in [0.15, 0.2) is 0 Å². The number of halogens is 2. The van der Waals surface area contributed by atoms with Crippen LogP contribution in [0.1, 0.15) is 62.3 Å². The van der Waals surface area contributed by atoms with E-state index in [1.54, 1.807) is 0 Å². The van der Waals surface area contributed by atoms with Crippen LogP contribution in [0, 0.1) is 0 Å². The maximum absolute atomic E-state index is 2.80. The Labute approximate surface area is 138 Å². The van der Waals surface area contributed by atoms with Crippen molar-refractivity contribution in [3.05, 3.63) is 0 Å². The summed E-state index contributed by atoms with van der Waals surface area (Å²) in [7, 11) is 0.103. The average Bonchev–Trinajstić information content (AvgIpc) is 1.97. The van der Waals surface area contributed by atoms with Crippen molar-refractivity contribution in [3.63, 3.8) is 0 Å². The van der Waals surface area contributed by atoms with Crippen LogP contribution in [-0.4, -0.2) is 15.5 Å². The predicted octanol–water partition coefficient (Wildman–Crippen LogP) is 8.36. The third-order valence-electron chi connectivity index (χ3n) is 2.04. The summed E-state index contributed by atoms with van der Waals surface area (Å²) in [4.78, 5) is 0. The molecule has 0 heterocycles. The molecule has 2 atom stereocenters. The van der Waals surface area contributed by atoms with Gasteiger partial charge in [0, 0.05) is 0 Å². The third-order valence-corrected chi connectivity index (χ3v) is 41.1. The Hall–Kier alpha value is 2.75. The molecule has 0 aromatic heterocycles. The van der Waals surface area contributed by atoms with Gasteiger partial charge in [0.25, 0.3) is 0 Å². The molecule has 0 nitrogen and oxygen atoms in total. The van der Waals surface area contributed by atoms with E-state index in [0.717, 1.165) is 0 Å². The Balaban J connectivity index is 5.32. The van der Waals surface area contributed by atoms with E-state index in [1.165, 1.54) is 0 Å². The van der Waals surface area contributed by atoms with Crippen molar-refractivity contribution < 1.29 is 0 Å². The lowest BCUT2D eigenvalue weighted by molar-refractivity contribution is 0.779. The van der Waals surface area contributed by atoms with E-state index < -0.39 is 0 Å². The fourth-order valence-corrected chi connectivity index (χ4v) is 48.6. The normalized spacial score (nSPS) is 19.9. The molecule has 0 N–H and O–H groups in total. The first-order valence-corrected chi connectivity index (χ1v) is 16.9. The summed E-state index contributed by atoms with van der Waals surface area (Å²) in [5.74, 6) is 0. The lowest BCUT2D eigenvalue weighted by Gasteiger charge is -2.47. The second-order valence-corrected chi connectivity index (χ2v) is 29.1. The van der Waals surface area contributed by atoms with Gasteiger partial charge in [-0.05, 0) is 77.4 Å². The summed E-state index contributed by atoms with van der Waals surface area (Å²) < 4.78 is 0. The van der Waals surface area contributed by atoms with Crippen LogP contribution in [0.3, 0.4) is 0 Å². The molecule has 0 amide bonds. The molecule has 104 valence electrons. The molecule has 0 aromatic carbocycles. The molecular formula is C12H27I2P3. The SMILES string of the molecule is CC(C)(C)P(I)P(P(I)C(C)(C)C)C(C)(C)C. The van der Waals surface area contributed by atoms with Crippen LogP contribution in [0.4, 0.5) is 0 Å². The molecule has 0 fully saturated rings. The molecule has 5 heteroatoms. The summed E-state index contributed by atoms with van der Waals surface area (Å²) in [6, 6.07) is 0. The molecule has 0 saturated heterocycles. The van der Waals surface area contributed by atoms with E-state index in [1.807, 2.05) is 0 Å². The first kappa shape index (κ1) is 19.8. The Morgan fingerprint density at radius 2 is 0.765 bits per heavy atom. The summed E-state index contributed by atoms with van der Waals surface area (Å²) >= 11 is 5.59. The number of rotatable bonds is 2. The fourth-order valence-electron chi connectivity index (χ4n) is 1.16. The van der Waals surface area contributed by atoms with Gasteiger partial charge in [-0.15, -0.1) is 0 Å². The molecule has 0 radical (unpaired) electrons. The van der Waals surface area contributed by atoms with Crippen LogP contribution in [0.2, 0.25) is 0 Å². The Bertz CT molecular complexity index is 228. The van der Waals surface area contributed by atoms with E-state index in [2.05, 4.69) is 106 Å². The second-order valence-electron chi connectivity index (χ2n) is 7.32. The number of hydrogen-bond donors (Lipinski definition) is 0. The van der Waals surface area contributed by atoms with Crippen LogP contribution >= 0.6 is 61.9 Å². The highest BCUT2D eigenvalue weighted by Crippen LogP contribution is 3.00. The largest absolute Gasteiger partial charge is 0.0555 e. The van der Waals surface area contributed by atoms with Crippen LogP contribution in [0.25, 0.3) is 0 Å². The zero-order valence-electron chi connectivity index (χ0n) is 12.6. The Morgan fingerprint density at radius 1 is 0.529 bits per heavy atom. The molecular weight excluding hydrogens is 491 g/mol. The van der Waals surface area contributed by atoms with E-state index in [-0.39, 0.29) is 17.8 Å². The standard InChI is InChI=1S/C12H27I2P3/c1-10(2,3)15(13)17(12(7,8)9)16(14)11(4,5)6/h1-9H3. The molecule has 0 saturated carbocycles. The monoisotopic (exact) mass is 518 g/mol. The first-order chi connectivity index (χ1) is 7.19. The maximum atomic E-state index is 2.80. The van der Waals surface area contributed by atoms with Gasteiger partial charge >= 0.3 is 0 Å². The Kier molecular flexibility index (Phi) is 7.75. The van der Waals surface area contributed by atoms with Gasteiger partial charge in [-0.1, -0.05) is 62.3 Å². The zero-order valence-corrected chi connectivity index (χ0v) is 19.6. The fraction of sp³-hybridized carbons (Fsp3) is 1.00. The molecule has 0 rings (SSSR count). The molecule has 17 heavy (non-hydrogen) atoms. The van der Waals surface area contributed by atoms with Crippen molar-refractivity contribution in [2.45, 2.75) is 77.8 Å². The van der Waals surface area contributed by atoms with Gasteiger partial charge in [0.15, 0.2) is 0 Å². The van der Waals surface area contributed by atoms with E-state index >= 15 is 0 Å². The summed E-state index contributed by atoms with van der Waals surface area (Å²) in [6.45, 7) is 21.9. The summed E-state index contributed by atoms with van der Waals surface area (Å²) in [5.41, 5.74) is 0. The topological polar surface area (TPSA) is 0 Å². The average molecular weight is 518 g/mol. The molecule has 0 aliphatic carbocycles. The highest BCUT2D eigenvalue weighted by atomic mass is 127. The lowest BCUT2D eigenvalue weighted by Crippen LogP contribution is -2.18. The smallest absolute Gasteiger partial charge is 0.00425 e. The minimum Gasteiger partial charge on any atom is -0.0555 e. The first-order valence-electron chi connectivity index (χ1n) is 5.91. The molecule has 0 aromatic rings. The lowest BCUT2D eigenvalue weighted by atomic mass is 10.3. The zero-order chi connectivity index (χ0) is 14.2. The quantitative estimate of drug-likeness (QED) is 0.255. The number of hydrogen-bond acceptors (Lipinski definition) is 0. The highest BCUT2D eigenvalue weighted by molar-refractivity contribution is 14.2. The molecule has 0 bridgehead atoms. The maximum Gasteiger partial charge on any atom is -0.00425 e. The second kappa shape index (κ2) is 6.67. The molecule has 0 spiro atoms. The van der Waals surface area contributed by atoms with Gasteiger partial charge in [0.05, 0.1) is 0 Å². The van der Waals surface area contributed by atoms with Crippen LogP contribution < -0.4 is 0 Å². The van der Waals surface area contributed by atoms with Gasteiger partial charge in [-0.25, -0.2) is 0 Å². The molecule has 0 aliphatic rings. The van der Waals surface area contributed by atoms with Crippen molar-refractivity contribution in [1.29, 1.82) is 0 Å². The third kappa shape index (κ3) is 6.36.